The molecular formula is C13H13NO4S2. The molecule has 20 heavy (non-hydrogen) atoms. The van der Waals surface area contributed by atoms with E-state index in [1.54, 1.807) is 12.1 Å². The molecule has 2 rings (SSSR count). The number of carbonyl (C=O) groups is 1. The van der Waals surface area contributed by atoms with Crippen LogP contribution in [0.1, 0.15) is 15.2 Å². The zero-order chi connectivity index (χ0) is 14.9. The normalized spacial score (nSPS) is 11.3. The Bertz CT molecular complexity index is 732. The van der Waals surface area contributed by atoms with E-state index in [4.69, 9.17) is 5.11 Å². The number of aromatic carboxylic acids is 1. The van der Waals surface area contributed by atoms with E-state index < -0.39 is 16.0 Å². The lowest BCUT2D eigenvalue weighted by molar-refractivity contribution is 0.0702. The van der Waals surface area contributed by atoms with Crippen LogP contribution in [0.2, 0.25) is 0 Å². The third-order valence-electron chi connectivity index (χ3n) is 2.84. The average molecular weight is 311 g/mol. The molecule has 1 N–H and O–H groups in total. The Morgan fingerprint density at radius 1 is 1.25 bits per heavy atom. The van der Waals surface area contributed by atoms with Crippen molar-refractivity contribution >= 4 is 33.0 Å². The lowest BCUT2D eigenvalue weighted by Crippen LogP contribution is -2.26. The van der Waals surface area contributed by atoms with Gasteiger partial charge >= 0.3 is 5.97 Å². The minimum atomic E-state index is -3.74. The number of rotatable bonds is 4. The number of thiophene rings is 1. The first-order chi connectivity index (χ1) is 9.32. The van der Waals surface area contributed by atoms with Crippen LogP contribution >= 0.6 is 11.3 Å². The average Bonchev–Trinajstić information content (AvgIpc) is 2.89. The molecule has 0 aliphatic carbocycles. The molecule has 1 aromatic heterocycles. The highest BCUT2D eigenvalue weighted by Gasteiger charge is 2.23. The maximum atomic E-state index is 12.4. The second kappa shape index (κ2) is 5.26. The van der Waals surface area contributed by atoms with E-state index in [9.17, 15) is 13.2 Å². The molecule has 0 atom stereocenters. The SMILES string of the molecule is Cc1ccc(N(C)S(=O)(=O)c2csc(C(=O)O)c2)cc1. The number of anilines is 1. The van der Waals surface area contributed by atoms with Crippen molar-refractivity contribution in [1.29, 1.82) is 0 Å². The molecule has 1 heterocycles. The predicted molar refractivity (Wildman–Crippen MR) is 78.0 cm³/mol. The molecule has 0 unspecified atom stereocenters. The van der Waals surface area contributed by atoms with E-state index in [2.05, 4.69) is 0 Å². The molecule has 0 saturated heterocycles. The van der Waals surface area contributed by atoms with E-state index >= 15 is 0 Å². The van der Waals surface area contributed by atoms with Crippen molar-refractivity contribution in [2.24, 2.45) is 0 Å². The van der Waals surface area contributed by atoms with Crippen molar-refractivity contribution in [2.75, 3.05) is 11.4 Å². The van der Waals surface area contributed by atoms with Crippen LogP contribution in [0.4, 0.5) is 5.69 Å². The summed E-state index contributed by atoms with van der Waals surface area (Å²) in [4.78, 5) is 10.8. The van der Waals surface area contributed by atoms with Crippen LogP contribution in [0.15, 0.2) is 40.6 Å². The van der Waals surface area contributed by atoms with Gasteiger partial charge in [-0.2, -0.15) is 0 Å². The molecule has 7 heteroatoms. The summed E-state index contributed by atoms with van der Waals surface area (Å²) in [5, 5.41) is 10.2. The maximum Gasteiger partial charge on any atom is 0.345 e. The van der Waals surface area contributed by atoms with Gasteiger partial charge in [-0.3, -0.25) is 4.31 Å². The number of carboxylic acid groups (broad SMARTS) is 1. The number of nitrogens with zero attached hydrogens (tertiary/aromatic N) is 1. The van der Waals surface area contributed by atoms with Crippen molar-refractivity contribution in [2.45, 2.75) is 11.8 Å². The Kier molecular flexibility index (Phi) is 3.82. The molecule has 0 saturated carbocycles. The molecule has 0 aliphatic rings. The summed E-state index contributed by atoms with van der Waals surface area (Å²) in [6, 6.07) is 8.22. The highest BCUT2D eigenvalue weighted by Crippen LogP contribution is 2.26. The van der Waals surface area contributed by atoms with Crippen LogP contribution in [-0.4, -0.2) is 26.5 Å². The van der Waals surface area contributed by atoms with Crippen molar-refractivity contribution in [3.63, 3.8) is 0 Å². The topological polar surface area (TPSA) is 74.7 Å². The summed E-state index contributed by atoms with van der Waals surface area (Å²) in [6.45, 7) is 1.91. The van der Waals surface area contributed by atoms with Gasteiger partial charge in [0, 0.05) is 12.4 Å². The first kappa shape index (κ1) is 14.5. The molecule has 0 radical (unpaired) electrons. The second-order valence-corrected chi connectivity index (χ2v) is 7.14. The van der Waals surface area contributed by atoms with Gasteiger partial charge in [-0.05, 0) is 25.1 Å². The Balaban J connectivity index is 2.38. The fourth-order valence-electron chi connectivity index (χ4n) is 1.62. The number of sulfonamides is 1. The lowest BCUT2D eigenvalue weighted by Gasteiger charge is -2.18. The number of hydrogen-bond donors (Lipinski definition) is 1. The second-order valence-electron chi connectivity index (χ2n) is 4.26. The molecular weight excluding hydrogens is 298 g/mol. The third kappa shape index (κ3) is 2.68. The quantitative estimate of drug-likeness (QED) is 0.941. The van der Waals surface area contributed by atoms with Crippen LogP contribution in [0.5, 0.6) is 0 Å². The van der Waals surface area contributed by atoms with Crippen LogP contribution < -0.4 is 4.31 Å². The van der Waals surface area contributed by atoms with E-state index in [1.807, 2.05) is 19.1 Å². The number of carboxylic acids is 1. The molecule has 106 valence electrons. The van der Waals surface area contributed by atoms with Crippen molar-refractivity contribution in [3.8, 4) is 0 Å². The van der Waals surface area contributed by atoms with E-state index in [1.165, 1.54) is 18.5 Å². The largest absolute Gasteiger partial charge is 0.477 e. The predicted octanol–water partition coefficient (Wildman–Crippen LogP) is 2.58. The van der Waals surface area contributed by atoms with Gasteiger partial charge in [0.25, 0.3) is 10.0 Å². The Hall–Kier alpha value is -1.86. The maximum absolute atomic E-state index is 12.4. The van der Waals surface area contributed by atoms with Crippen LogP contribution in [0.25, 0.3) is 0 Å². The smallest absolute Gasteiger partial charge is 0.345 e. The molecule has 0 aliphatic heterocycles. The van der Waals surface area contributed by atoms with Crippen molar-refractivity contribution in [3.05, 3.63) is 46.2 Å². The first-order valence-corrected chi connectivity index (χ1v) is 8.02. The monoisotopic (exact) mass is 311 g/mol. The molecule has 5 nitrogen and oxygen atoms in total. The summed E-state index contributed by atoms with van der Waals surface area (Å²) < 4.78 is 25.9. The van der Waals surface area contributed by atoms with Gasteiger partial charge in [-0.1, -0.05) is 17.7 Å². The minimum Gasteiger partial charge on any atom is -0.477 e. The Labute approximate surface area is 121 Å². The summed E-state index contributed by atoms with van der Waals surface area (Å²) >= 11 is 0.894. The Morgan fingerprint density at radius 3 is 2.35 bits per heavy atom. The molecule has 1 aromatic carbocycles. The van der Waals surface area contributed by atoms with Crippen LogP contribution in [0.3, 0.4) is 0 Å². The van der Waals surface area contributed by atoms with Crippen LogP contribution in [0, 0.1) is 6.92 Å². The third-order valence-corrected chi connectivity index (χ3v) is 5.67. The van der Waals surface area contributed by atoms with Gasteiger partial charge in [-0.25, -0.2) is 13.2 Å². The number of benzene rings is 1. The number of aryl methyl sites for hydroxylation is 1. The van der Waals surface area contributed by atoms with E-state index in [-0.39, 0.29) is 9.77 Å². The summed E-state index contributed by atoms with van der Waals surface area (Å²) in [5.74, 6) is -1.13. The van der Waals surface area contributed by atoms with Gasteiger partial charge < -0.3 is 5.11 Å². The minimum absolute atomic E-state index is 0.000816. The van der Waals surface area contributed by atoms with E-state index in [0.29, 0.717) is 5.69 Å². The summed E-state index contributed by atoms with van der Waals surface area (Å²) in [6.07, 6.45) is 0. The fourth-order valence-corrected chi connectivity index (χ4v) is 3.91. The molecule has 2 aromatic rings. The molecule has 0 bridgehead atoms. The molecule has 0 fully saturated rings. The van der Waals surface area contributed by atoms with Crippen molar-refractivity contribution < 1.29 is 18.3 Å². The zero-order valence-electron chi connectivity index (χ0n) is 10.9. The van der Waals surface area contributed by atoms with Gasteiger partial charge in [0.15, 0.2) is 0 Å². The Morgan fingerprint density at radius 2 is 1.85 bits per heavy atom. The van der Waals surface area contributed by atoms with Crippen LogP contribution in [-0.2, 0) is 10.0 Å². The first-order valence-electron chi connectivity index (χ1n) is 5.70. The van der Waals surface area contributed by atoms with Gasteiger partial charge in [0.1, 0.15) is 4.88 Å². The van der Waals surface area contributed by atoms with Gasteiger partial charge in [-0.15, -0.1) is 11.3 Å². The van der Waals surface area contributed by atoms with Crippen molar-refractivity contribution in [1.82, 2.24) is 0 Å². The standard InChI is InChI=1S/C13H13NO4S2/c1-9-3-5-10(6-4-9)14(2)20(17,18)11-7-12(13(15)16)19-8-11/h3-8H,1-2H3,(H,15,16). The zero-order valence-corrected chi connectivity index (χ0v) is 12.5. The fraction of sp³-hybridized carbons (Fsp3) is 0.154. The highest BCUT2D eigenvalue weighted by atomic mass is 32.2. The number of hydrogen-bond acceptors (Lipinski definition) is 4. The molecule has 0 spiro atoms. The van der Waals surface area contributed by atoms with Gasteiger partial charge in [0.05, 0.1) is 10.6 Å². The molecule has 0 amide bonds. The highest BCUT2D eigenvalue weighted by molar-refractivity contribution is 7.93. The lowest BCUT2D eigenvalue weighted by atomic mass is 10.2. The summed E-state index contributed by atoms with van der Waals surface area (Å²) in [7, 11) is -2.29. The van der Waals surface area contributed by atoms with Gasteiger partial charge in [0.2, 0.25) is 0 Å². The summed E-state index contributed by atoms with van der Waals surface area (Å²) in [5.41, 5.74) is 1.56. The van der Waals surface area contributed by atoms with E-state index in [0.717, 1.165) is 21.2 Å².